The SMILES string of the molecule is CCOC(OS(=O)(=O)O)C(Cl)Cl. The van der Waals surface area contributed by atoms with Gasteiger partial charge in [0.15, 0.2) is 4.84 Å². The molecular formula is C4H8Cl2O5S. The van der Waals surface area contributed by atoms with E-state index in [0.29, 0.717) is 0 Å². The van der Waals surface area contributed by atoms with Gasteiger partial charge < -0.3 is 4.74 Å². The zero-order valence-electron chi connectivity index (χ0n) is 6.11. The van der Waals surface area contributed by atoms with Gasteiger partial charge in [0.2, 0.25) is 6.29 Å². The first-order chi connectivity index (χ1) is 5.37. The van der Waals surface area contributed by atoms with Crippen LogP contribution in [0, 0.1) is 0 Å². The van der Waals surface area contributed by atoms with Crippen LogP contribution in [-0.4, -0.2) is 30.7 Å². The predicted molar refractivity (Wildman–Crippen MR) is 43.5 cm³/mol. The summed E-state index contributed by atoms with van der Waals surface area (Å²) in [7, 11) is -4.58. The standard InChI is InChI=1S/C4H8Cl2O5S/c1-2-10-4(3(5)6)11-12(7,8)9/h3-4H,2H2,1H3,(H,7,8,9). The van der Waals surface area contributed by atoms with Gasteiger partial charge >= 0.3 is 10.4 Å². The number of hydrogen-bond acceptors (Lipinski definition) is 4. The molecule has 0 aromatic rings. The van der Waals surface area contributed by atoms with Crippen molar-refractivity contribution in [3.05, 3.63) is 0 Å². The molecule has 74 valence electrons. The maximum atomic E-state index is 10.2. The van der Waals surface area contributed by atoms with E-state index < -0.39 is 21.5 Å². The number of ether oxygens (including phenoxy) is 1. The van der Waals surface area contributed by atoms with Crippen LogP contribution < -0.4 is 0 Å². The number of rotatable bonds is 5. The monoisotopic (exact) mass is 238 g/mol. The van der Waals surface area contributed by atoms with Crippen molar-refractivity contribution in [1.82, 2.24) is 0 Å². The molecule has 8 heteroatoms. The van der Waals surface area contributed by atoms with Gasteiger partial charge in [0, 0.05) is 6.61 Å². The highest BCUT2D eigenvalue weighted by Crippen LogP contribution is 2.14. The first kappa shape index (κ1) is 12.4. The summed E-state index contributed by atoms with van der Waals surface area (Å²) in [6.07, 6.45) is -1.38. The van der Waals surface area contributed by atoms with Crippen LogP contribution in [0.25, 0.3) is 0 Å². The fraction of sp³-hybridized carbons (Fsp3) is 1.00. The largest absolute Gasteiger partial charge is 0.399 e. The van der Waals surface area contributed by atoms with Crippen LogP contribution in [0.4, 0.5) is 0 Å². The molecule has 0 aromatic heterocycles. The maximum absolute atomic E-state index is 10.2. The second-order valence-electron chi connectivity index (χ2n) is 1.68. The molecule has 12 heavy (non-hydrogen) atoms. The highest BCUT2D eigenvalue weighted by atomic mass is 35.5. The summed E-state index contributed by atoms with van der Waals surface area (Å²) in [6.45, 7) is 1.76. The molecule has 0 saturated carbocycles. The molecule has 0 amide bonds. The summed E-state index contributed by atoms with van der Waals surface area (Å²) in [5, 5.41) is 0. The Bertz CT molecular complexity index is 213. The van der Waals surface area contributed by atoms with E-state index in [2.05, 4.69) is 8.92 Å². The van der Waals surface area contributed by atoms with Crippen molar-refractivity contribution in [3.8, 4) is 0 Å². The van der Waals surface area contributed by atoms with Crippen molar-refractivity contribution in [2.45, 2.75) is 18.1 Å². The molecule has 0 fully saturated rings. The van der Waals surface area contributed by atoms with E-state index in [1.54, 1.807) is 6.92 Å². The van der Waals surface area contributed by atoms with Crippen molar-refractivity contribution in [3.63, 3.8) is 0 Å². The molecule has 1 atom stereocenters. The van der Waals surface area contributed by atoms with E-state index in [-0.39, 0.29) is 6.61 Å². The molecule has 5 nitrogen and oxygen atoms in total. The highest BCUT2D eigenvalue weighted by Gasteiger charge is 2.23. The highest BCUT2D eigenvalue weighted by molar-refractivity contribution is 7.80. The molecule has 1 unspecified atom stereocenters. The zero-order chi connectivity index (χ0) is 9.78. The fourth-order valence-electron chi connectivity index (χ4n) is 0.427. The summed E-state index contributed by atoms with van der Waals surface area (Å²) < 4.78 is 37.2. The average molecular weight is 239 g/mol. The Morgan fingerprint density at radius 3 is 2.25 bits per heavy atom. The van der Waals surface area contributed by atoms with Crippen LogP contribution in [0.3, 0.4) is 0 Å². The Morgan fingerprint density at radius 2 is 2.00 bits per heavy atom. The van der Waals surface area contributed by atoms with Gasteiger partial charge in [0.1, 0.15) is 0 Å². The summed E-state index contributed by atoms with van der Waals surface area (Å²) in [6, 6.07) is 0. The Hall–Kier alpha value is 0.410. The molecular weight excluding hydrogens is 231 g/mol. The normalized spacial score (nSPS) is 15.1. The molecule has 0 radical (unpaired) electrons. The van der Waals surface area contributed by atoms with Crippen molar-refractivity contribution in [1.29, 1.82) is 0 Å². The van der Waals surface area contributed by atoms with Gasteiger partial charge in [-0.2, -0.15) is 8.42 Å². The first-order valence-electron chi connectivity index (χ1n) is 2.92. The fourth-order valence-corrected chi connectivity index (χ4v) is 1.20. The molecule has 0 aliphatic heterocycles. The molecule has 0 heterocycles. The van der Waals surface area contributed by atoms with Gasteiger partial charge in [-0.25, -0.2) is 4.18 Å². The Labute approximate surface area is 80.5 Å². The molecule has 0 spiro atoms. The lowest BCUT2D eigenvalue weighted by Gasteiger charge is -2.15. The van der Waals surface area contributed by atoms with E-state index in [1.807, 2.05) is 0 Å². The lowest BCUT2D eigenvalue weighted by atomic mass is 10.7. The maximum Gasteiger partial charge on any atom is 0.399 e. The van der Waals surface area contributed by atoms with E-state index in [0.717, 1.165) is 0 Å². The van der Waals surface area contributed by atoms with E-state index in [4.69, 9.17) is 27.8 Å². The van der Waals surface area contributed by atoms with Gasteiger partial charge in [-0.1, -0.05) is 23.2 Å². The van der Waals surface area contributed by atoms with Crippen LogP contribution in [-0.2, 0) is 19.3 Å². The van der Waals surface area contributed by atoms with Crippen LogP contribution in [0.15, 0.2) is 0 Å². The Kier molecular flexibility index (Phi) is 5.38. The first-order valence-corrected chi connectivity index (χ1v) is 5.16. The lowest BCUT2D eigenvalue weighted by molar-refractivity contribution is -0.0664. The molecule has 0 aliphatic carbocycles. The van der Waals surface area contributed by atoms with Gasteiger partial charge in [-0.3, -0.25) is 4.55 Å². The van der Waals surface area contributed by atoms with Gasteiger partial charge in [0.05, 0.1) is 0 Å². The second kappa shape index (κ2) is 5.21. The summed E-state index contributed by atoms with van der Waals surface area (Å²) in [5.41, 5.74) is 0. The molecule has 0 aliphatic rings. The van der Waals surface area contributed by atoms with Gasteiger partial charge in [0.25, 0.3) is 0 Å². The minimum Gasteiger partial charge on any atom is -0.349 e. The summed E-state index contributed by atoms with van der Waals surface area (Å²) >= 11 is 10.5. The minimum atomic E-state index is -4.58. The minimum absolute atomic E-state index is 0.163. The van der Waals surface area contributed by atoms with E-state index in [1.165, 1.54) is 0 Å². The predicted octanol–water partition coefficient (Wildman–Crippen LogP) is 0.972. The third-order valence-corrected chi connectivity index (χ3v) is 1.60. The Morgan fingerprint density at radius 1 is 1.50 bits per heavy atom. The number of halogens is 2. The summed E-state index contributed by atoms with van der Waals surface area (Å²) in [5.74, 6) is 0. The number of alkyl halides is 2. The zero-order valence-corrected chi connectivity index (χ0v) is 8.43. The Balaban J connectivity index is 4.14. The van der Waals surface area contributed by atoms with Crippen molar-refractivity contribution < 1.29 is 21.9 Å². The third kappa shape index (κ3) is 5.99. The van der Waals surface area contributed by atoms with E-state index >= 15 is 0 Å². The topological polar surface area (TPSA) is 72.8 Å². The van der Waals surface area contributed by atoms with Crippen LogP contribution in [0.1, 0.15) is 6.92 Å². The van der Waals surface area contributed by atoms with Crippen molar-refractivity contribution in [2.24, 2.45) is 0 Å². The van der Waals surface area contributed by atoms with Crippen LogP contribution in [0.5, 0.6) is 0 Å². The quantitative estimate of drug-likeness (QED) is 0.439. The van der Waals surface area contributed by atoms with Crippen LogP contribution in [0.2, 0.25) is 0 Å². The second-order valence-corrected chi connectivity index (χ2v) is 3.89. The van der Waals surface area contributed by atoms with Crippen molar-refractivity contribution >= 4 is 33.6 Å². The van der Waals surface area contributed by atoms with Gasteiger partial charge in [-0.15, -0.1) is 0 Å². The average Bonchev–Trinajstić information content (AvgIpc) is 1.83. The molecule has 0 aromatic carbocycles. The third-order valence-electron chi connectivity index (χ3n) is 0.753. The molecule has 1 N–H and O–H groups in total. The van der Waals surface area contributed by atoms with Crippen molar-refractivity contribution in [2.75, 3.05) is 6.61 Å². The van der Waals surface area contributed by atoms with Crippen LogP contribution >= 0.6 is 23.2 Å². The molecule has 0 rings (SSSR count). The van der Waals surface area contributed by atoms with Gasteiger partial charge in [-0.05, 0) is 6.92 Å². The molecule has 0 saturated heterocycles. The summed E-state index contributed by atoms with van der Waals surface area (Å²) in [4.78, 5) is -1.19. The van der Waals surface area contributed by atoms with E-state index in [9.17, 15) is 8.42 Å². The smallest absolute Gasteiger partial charge is 0.349 e. The molecule has 0 bridgehead atoms. The number of hydrogen-bond donors (Lipinski definition) is 1. The lowest BCUT2D eigenvalue weighted by Crippen LogP contribution is -2.27.